The fraction of sp³-hybridized carbons (Fsp3) is 0.125. The second-order valence-electron chi connectivity index (χ2n) is 6.52. The van der Waals surface area contributed by atoms with E-state index < -0.39 is 6.10 Å². The number of nitrogens with zero attached hydrogens (tertiary/aromatic N) is 2. The number of rotatable bonds is 7. The third kappa shape index (κ3) is 4.76. The maximum Gasteiger partial charge on any atom is 0.307 e. The first-order chi connectivity index (χ1) is 14.3. The van der Waals surface area contributed by atoms with Gasteiger partial charge in [-0.25, -0.2) is 4.98 Å². The molecule has 4 rings (SSSR count). The molecule has 5 nitrogen and oxygen atoms in total. The molecule has 1 atom stereocenters. The van der Waals surface area contributed by atoms with Crippen LogP contribution in [0.5, 0.6) is 0 Å². The molecule has 0 bridgehead atoms. The third-order valence-electron chi connectivity index (χ3n) is 4.46. The molecule has 144 valence electrons. The molecule has 0 saturated carbocycles. The Morgan fingerprint density at radius 1 is 0.897 bits per heavy atom. The SMILES string of the molecule is O=C(CCc1ncc(-c2ccccc2)o1)OC(c1ccccc1)c1ccccn1. The van der Waals surface area contributed by atoms with Crippen LogP contribution in [-0.2, 0) is 16.0 Å². The number of carbonyl (C=O) groups is 1. The number of carbonyl (C=O) groups excluding carboxylic acids is 1. The molecule has 29 heavy (non-hydrogen) atoms. The van der Waals surface area contributed by atoms with Crippen molar-refractivity contribution < 1.29 is 13.9 Å². The summed E-state index contributed by atoms with van der Waals surface area (Å²) in [7, 11) is 0. The first-order valence-corrected chi connectivity index (χ1v) is 9.45. The van der Waals surface area contributed by atoms with E-state index in [1.165, 1.54) is 0 Å². The van der Waals surface area contributed by atoms with Crippen molar-refractivity contribution in [1.82, 2.24) is 9.97 Å². The summed E-state index contributed by atoms with van der Waals surface area (Å²) in [5.74, 6) is 0.864. The van der Waals surface area contributed by atoms with E-state index in [1.807, 2.05) is 78.9 Å². The Hall–Kier alpha value is -3.73. The van der Waals surface area contributed by atoms with Gasteiger partial charge in [0.1, 0.15) is 0 Å². The number of pyridine rings is 1. The highest BCUT2D eigenvalue weighted by Crippen LogP contribution is 2.25. The Kier molecular flexibility index (Phi) is 5.76. The number of oxazole rings is 1. The van der Waals surface area contributed by atoms with Crippen LogP contribution in [0.4, 0.5) is 0 Å². The maximum atomic E-state index is 12.5. The molecule has 2 aromatic carbocycles. The van der Waals surface area contributed by atoms with E-state index in [4.69, 9.17) is 9.15 Å². The summed E-state index contributed by atoms with van der Waals surface area (Å²) in [5, 5.41) is 0. The Bertz CT molecular complexity index is 1010. The Balaban J connectivity index is 1.42. The molecule has 5 heteroatoms. The van der Waals surface area contributed by atoms with E-state index in [2.05, 4.69) is 9.97 Å². The average molecular weight is 384 g/mol. The normalized spacial score (nSPS) is 11.7. The minimum Gasteiger partial charge on any atom is -0.451 e. The standard InChI is InChI=1S/C24H20N2O3/c27-23(15-14-22-26-17-21(28-22)18-9-3-1-4-10-18)29-24(19-11-5-2-6-12-19)20-13-7-8-16-25-20/h1-13,16-17,24H,14-15H2. The third-order valence-corrected chi connectivity index (χ3v) is 4.46. The van der Waals surface area contributed by atoms with E-state index in [0.717, 1.165) is 11.1 Å². The van der Waals surface area contributed by atoms with Gasteiger partial charge in [-0.1, -0.05) is 66.7 Å². The molecule has 0 N–H and O–H groups in total. The number of esters is 1. The van der Waals surface area contributed by atoms with E-state index >= 15 is 0 Å². The lowest BCUT2D eigenvalue weighted by molar-refractivity contribution is -0.147. The van der Waals surface area contributed by atoms with Crippen LogP contribution in [0.15, 0.2) is 95.7 Å². The lowest BCUT2D eigenvalue weighted by Crippen LogP contribution is -2.14. The fourth-order valence-corrected chi connectivity index (χ4v) is 3.02. The quantitative estimate of drug-likeness (QED) is 0.420. The van der Waals surface area contributed by atoms with Gasteiger partial charge in [0, 0.05) is 18.2 Å². The van der Waals surface area contributed by atoms with Gasteiger partial charge in [-0.15, -0.1) is 0 Å². The predicted octanol–water partition coefficient (Wildman–Crippen LogP) is 5.00. The minimum atomic E-state index is -0.547. The summed E-state index contributed by atoms with van der Waals surface area (Å²) in [6.07, 6.45) is 3.36. The highest BCUT2D eigenvalue weighted by molar-refractivity contribution is 5.70. The molecule has 4 aromatic rings. The lowest BCUT2D eigenvalue weighted by Gasteiger charge is -2.17. The average Bonchev–Trinajstić information content (AvgIpc) is 3.27. The topological polar surface area (TPSA) is 65.2 Å². The zero-order chi connectivity index (χ0) is 19.9. The number of ether oxygens (including phenoxy) is 1. The molecule has 2 aromatic heterocycles. The van der Waals surface area contributed by atoms with Crippen LogP contribution in [0, 0.1) is 0 Å². The van der Waals surface area contributed by atoms with Gasteiger partial charge in [0.25, 0.3) is 0 Å². The Labute approximate surface area is 169 Å². The molecular weight excluding hydrogens is 364 g/mol. The lowest BCUT2D eigenvalue weighted by atomic mass is 10.1. The Morgan fingerprint density at radius 3 is 2.34 bits per heavy atom. The van der Waals surface area contributed by atoms with Gasteiger partial charge in [0.2, 0.25) is 0 Å². The monoisotopic (exact) mass is 384 g/mol. The van der Waals surface area contributed by atoms with Crippen LogP contribution in [0.25, 0.3) is 11.3 Å². The smallest absolute Gasteiger partial charge is 0.307 e. The molecule has 0 saturated heterocycles. The van der Waals surface area contributed by atoms with Crippen molar-refractivity contribution in [2.45, 2.75) is 18.9 Å². The van der Waals surface area contributed by atoms with Gasteiger partial charge in [-0.3, -0.25) is 9.78 Å². The van der Waals surface area contributed by atoms with Gasteiger partial charge in [0.15, 0.2) is 17.8 Å². The molecule has 1 unspecified atom stereocenters. The zero-order valence-corrected chi connectivity index (χ0v) is 15.8. The second-order valence-corrected chi connectivity index (χ2v) is 6.52. The van der Waals surface area contributed by atoms with Crippen LogP contribution in [0.3, 0.4) is 0 Å². The largest absolute Gasteiger partial charge is 0.451 e. The molecule has 0 aliphatic heterocycles. The van der Waals surface area contributed by atoms with Crippen LogP contribution in [-0.4, -0.2) is 15.9 Å². The van der Waals surface area contributed by atoms with Crippen molar-refractivity contribution in [2.75, 3.05) is 0 Å². The van der Waals surface area contributed by atoms with Crippen molar-refractivity contribution in [3.05, 3.63) is 108 Å². The molecule has 0 aliphatic rings. The van der Waals surface area contributed by atoms with E-state index in [9.17, 15) is 4.79 Å². The van der Waals surface area contributed by atoms with Gasteiger partial charge < -0.3 is 9.15 Å². The molecular formula is C24H20N2O3. The Morgan fingerprint density at radius 2 is 1.62 bits per heavy atom. The number of hydrogen-bond donors (Lipinski definition) is 0. The van der Waals surface area contributed by atoms with E-state index in [-0.39, 0.29) is 12.4 Å². The summed E-state index contributed by atoms with van der Waals surface area (Å²) in [6, 6.07) is 24.9. The van der Waals surface area contributed by atoms with Crippen molar-refractivity contribution in [3.8, 4) is 11.3 Å². The number of benzene rings is 2. The van der Waals surface area contributed by atoms with Gasteiger partial charge in [-0.2, -0.15) is 0 Å². The van der Waals surface area contributed by atoms with Crippen molar-refractivity contribution in [2.24, 2.45) is 0 Å². The highest BCUT2D eigenvalue weighted by atomic mass is 16.5. The van der Waals surface area contributed by atoms with Crippen LogP contribution >= 0.6 is 0 Å². The molecule has 0 radical (unpaired) electrons. The van der Waals surface area contributed by atoms with Gasteiger partial charge >= 0.3 is 5.97 Å². The van der Waals surface area contributed by atoms with Crippen molar-refractivity contribution in [3.63, 3.8) is 0 Å². The summed E-state index contributed by atoms with van der Waals surface area (Å²) < 4.78 is 11.5. The number of hydrogen-bond acceptors (Lipinski definition) is 5. The van der Waals surface area contributed by atoms with Crippen LogP contribution < -0.4 is 0 Å². The van der Waals surface area contributed by atoms with E-state index in [0.29, 0.717) is 23.8 Å². The minimum absolute atomic E-state index is 0.172. The molecule has 2 heterocycles. The first-order valence-electron chi connectivity index (χ1n) is 9.45. The van der Waals surface area contributed by atoms with Crippen LogP contribution in [0.2, 0.25) is 0 Å². The maximum absolute atomic E-state index is 12.5. The zero-order valence-electron chi connectivity index (χ0n) is 15.8. The van der Waals surface area contributed by atoms with Crippen molar-refractivity contribution >= 4 is 5.97 Å². The highest BCUT2D eigenvalue weighted by Gasteiger charge is 2.20. The van der Waals surface area contributed by atoms with Crippen LogP contribution in [0.1, 0.15) is 29.7 Å². The van der Waals surface area contributed by atoms with Crippen molar-refractivity contribution in [1.29, 1.82) is 0 Å². The second kappa shape index (κ2) is 8.97. The van der Waals surface area contributed by atoms with E-state index in [1.54, 1.807) is 12.4 Å². The summed E-state index contributed by atoms with van der Waals surface area (Å²) >= 11 is 0. The summed E-state index contributed by atoms with van der Waals surface area (Å²) in [6.45, 7) is 0. The number of aryl methyl sites for hydroxylation is 1. The summed E-state index contributed by atoms with van der Waals surface area (Å²) in [4.78, 5) is 21.2. The van der Waals surface area contributed by atoms with Gasteiger partial charge in [0.05, 0.1) is 18.3 Å². The fourth-order valence-electron chi connectivity index (χ4n) is 3.02. The molecule has 0 spiro atoms. The predicted molar refractivity (Wildman–Crippen MR) is 109 cm³/mol. The first kappa shape index (κ1) is 18.6. The number of aromatic nitrogens is 2. The summed E-state index contributed by atoms with van der Waals surface area (Å²) in [5.41, 5.74) is 2.52. The molecule has 0 fully saturated rings. The molecule has 0 aliphatic carbocycles. The van der Waals surface area contributed by atoms with Gasteiger partial charge in [-0.05, 0) is 17.7 Å². The molecule has 0 amide bonds.